The van der Waals surface area contributed by atoms with E-state index >= 15 is 0 Å². The molecule has 0 radical (unpaired) electrons. The van der Waals surface area contributed by atoms with Gasteiger partial charge in [-0.2, -0.15) is 0 Å². The zero-order valence-corrected chi connectivity index (χ0v) is 11.4. The average molecular weight is 224 g/mol. The van der Waals surface area contributed by atoms with Crippen LogP contribution in [0.2, 0.25) is 0 Å². The van der Waals surface area contributed by atoms with Crippen molar-refractivity contribution in [3.8, 4) is 0 Å². The zero-order chi connectivity index (χ0) is 11.7. The summed E-state index contributed by atoms with van der Waals surface area (Å²) in [6.07, 6.45) is 6.52. The van der Waals surface area contributed by atoms with Gasteiger partial charge in [0.05, 0.1) is 6.10 Å². The minimum Gasteiger partial charge on any atom is -0.378 e. The van der Waals surface area contributed by atoms with E-state index in [1.165, 1.54) is 25.7 Å². The predicted octanol–water partition coefficient (Wildman–Crippen LogP) is 4.12. The maximum Gasteiger partial charge on any atom is 0.0608 e. The van der Waals surface area contributed by atoms with Crippen molar-refractivity contribution in [2.24, 2.45) is 29.6 Å². The summed E-state index contributed by atoms with van der Waals surface area (Å²) in [6, 6.07) is 0. The Bertz CT molecular complexity index is 225. The van der Waals surface area contributed by atoms with Crippen molar-refractivity contribution in [3.63, 3.8) is 0 Å². The summed E-state index contributed by atoms with van der Waals surface area (Å²) in [4.78, 5) is 0. The molecule has 3 saturated carbocycles. The van der Waals surface area contributed by atoms with Gasteiger partial charge in [-0.1, -0.05) is 20.8 Å². The molecule has 16 heavy (non-hydrogen) atoms. The molecular formula is C15H28O. The molecule has 0 aromatic heterocycles. The second-order valence-electron chi connectivity index (χ2n) is 5.79. The fraction of sp³-hybridized carbons (Fsp3) is 1.00. The van der Waals surface area contributed by atoms with Crippen LogP contribution in [0, 0.1) is 29.6 Å². The summed E-state index contributed by atoms with van der Waals surface area (Å²) < 4.78 is 5.88. The second-order valence-corrected chi connectivity index (χ2v) is 5.79. The molecule has 6 unspecified atom stereocenters. The fourth-order valence-corrected chi connectivity index (χ4v) is 4.69. The molecule has 0 spiro atoms. The lowest BCUT2D eigenvalue weighted by Crippen LogP contribution is -2.30. The second kappa shape index (κ2) is 5.08. The topological polar surface area (TPSA) is 9.23 Å². The first kappa shape index (κ1) is 12.4. The first-order valence-corrected chi connectivity index (χ1v) is 7.41. The lowest BCUT2D eigenvalue weighted by Gasteiger charge is -2.31. The Morgan fingerprint density at radius 1 is 0.938 bits per heavy atom. The average Bonchev–Trinajstić information content (AvgIpc) is 2.91. The van der Waals surface area contributed by atoms with Crippen LogP contribution in [0.5, 0.6) is 0 Å². The van der Waals surface area contributed by atoms with Crippen LogP contribution in [-0.2, 0) is 4.74 Å². The van der Waals surface area contributed by atoms with E-state index in [-0.39, 0.29) is 0 Å². The first-order chi connectivity index (χ1) is 7.79. The Hall–Kier alpha value is -0.0400. The van der Waals surface area contributed by atoms with Gasteiger partial charge in [0, 0.05) is 6.61 Å². The third kappa shape index (κ3) is 1.92. The van der Waals surface area contributed by atoms with E-state index in [1.807, 2.05) is 13.8 Å². The van der Waals surface area contributed by atoms with Crippen molar-refractivity contribution < 1.29 is 4.74 Å². The van der Waals surface area contributed by atoms with E-state index < -0.39 is 0 Å². The Balaban J connectivity index is 0.000000457. The van der Waals surface area contributed by atoms with Crippen molar-refractivity contribution in [2.75, 3.05) is 6.61 Å². The lowest BCUT2D eigenvalue weighted by molar-refractivity contribution is -0.00394. The van der Waals surface area contributed by atoms with Gasteiger partial charge >= 0.3 is 0 Å². The van der Waals surface area contributed by atoms with Crippen LogP contribution in [0.1, 0.15) is 53.4 Å². The van der Waals surface area contributed by atoms with Gasteiger partial charge in [0.15, 0.2) is 0 Å². The highest BCUT2D eigenvalue weighted by molar-refractivity contribution is 5.04. The summed E-state index contributed by atoms with van der Waals surface area (Å²) in [5.41, 5.74) is 0. The predicted molar refractivity (Wildman–Crippen MR) is 68.4 cm³/mol. The summed E-state index contributed by atoms with van der Waals surface area (Å²) >= 11 is 0. The number of rotatable bonds is 2. The molecule has 0 aromatic rings. The SMILES string of the molecule is CC.CCOC1CC2CC1C1CC(C)CC21. The summed E-state index contributed by atoms with van der Waals surface area (Å²) in [7, 11) is 0. The number of fused-ring (bicyclic) bond motifs is 5. The lowest BCUT2D eigenvalue weighted by atomic mass is 9.80. The molecule has 0 amide bonds. The van der Waals surface area contributed by atoms with Crippen molar-refractivity contribution >= 4 is 0 Å². The number of hydrogen-bond donors (Lipinski definition) is 0. The van der Waals surface area contributed by atoms with Gasteiger partial charge in [0.25, 0.3) is 0 Å². The quantitative estimate of drug-likeness (QED) is 0.685. The molecule has 3 rings (SSSR count). The molecule has 2 bridgehead atoms. The van der Waals surface area contributed by atoms with Crippen LogP contribution in [0.15, 0.2) is 0 Å². The van der Waals surface area contributed by atoms with Crippen molar-refractivity contribution in [3.05, 3.63) is 0 Å². The van der Waals surface area contributed by atoms with Gasteiger partial charge in [0.1, 0.15) is 0 Å². The Kier molecular flexibility index (Phi) is 3.94. The van der Waals surface area contributed by atoms with E-state index in [2.05, 4.69) is 13.8 Å². The molecule has 1 nitrogen and oxygen atoms in total. The minimum atomic E-state index is 0.636. The first-order valence-electron chi connectivity index (χ1n) is 7.41. The monoisotopic (exact) mass is 224 g/mol. The largest absolute Gasteiger partial charge is 0.378 e. The fourth-order valence-electron chi connectivity index (χ4n) is 4.69. The molecule has 0 saturated heterocycles. The van der Waals surface area contributed by atoms with Crippen LogP contribution < -0.4 is 0 Å². The van der Waals surface area contributed by atoms with Crippen LogP contribution >= 0.6 is 0 Å². The molecule has 3 aliphatic carbocycles. The number of ether oxygens (including phenoxy) is 1. The summed E-state index contributed by atoms with van der Waals surface area (Å²) in [5.74, 6) is 5.10. The van der Waals surface area contributed by atoms with E-state index in [9.17, 15) is 0 Å². The molecule has 94 valence electrons. The molecular weight excluding hydrogens is 196 g/mol. The standard InChI is InChI=1S/C13H22O.C2H6/c1-3-14-13-7-9-6-12(13)11-5-8(2)4-10(9)11;1-2/h8-13H,3-7H2,1-2H3;1-2H3. The van der Waals surface area contributed by atoms with E-state index in [4.69, 9.17) is 4.74 Å². The van der Waals surface area contributed by atoms with Crippen LogP contribution in [0.3, 0.4) is 0 Å². The van der Waals surface area contributed by atoms with Gasteiger partial charge in [-0.3, -0.25) is 0 Å². The molecule has 6 atom stereocenters. The third-order valence-electron chi connectivity index (χ3n) is 5.02. The Morgan fingerprint density at radius 2 is 1.62 bits per heavy atom. The van der Waals surface area contributed by atoms with Gasteiger partial charge in [-0.25, -0.2) is 0 Å². The highest BCUT2D eigenvalue weighted by Crippen LogP contribution is 2.60. The zero-order valence-electron chi connectivity index (χ0n) is 11.4. The molecule has 0 aliphatic heterocycles. The molecule has 3 aliphatic rings. The molecule has 0 aromatic carbocycles. The molecule has 3 fully saturated rings. The highest BCUT2D eigenvalue weighted by atomic mass is 16.5. The minimum absolute atomic E-state index is 0.636. The molecule has 0 N–H and O–H groups in total. The molecule has 0 heterocycles. The summed E-state index contributed by atoms with van der Waals surface area (Å²) in [5, 5.41) is 0. The Morgan fingerprint density at radius 3 is 2.31 bits per heavy atom. The van der Waals surface area contributed by atoms with E-state index in [0.29, 0.717) is 6.10 Å². The van der Waals surface area contributed by atoms with Crippen LogP contribution in [0.4, 0.5) is 0 Å². The van der Waals surface area contributed by atoms with E-state index in [1.54, 1.807) is 0 Å². The van der Waals surface area contributed by atoms with E-state index in [0.717, 1.165) is 36.2 Å². The number of hydrogen-bond acceptors (Lipinski definition) is 1. The van der Waals surface area contributed by atoms with Gasteiger partial charge < -0.3 is 4.74 Å². The van der Waals surface area contributed by atoms with Gasteiger partial charge in [0.2, 0.25) is 0 Å². The van der Waals surface area contributed by atoms with Crippen LogP contribution in [0.25, 0.3) is 0 Å². The van der Waals surface area contributed by atoms with Gasteiger partial charge in [-0.15, -0.1) is 0 Å². The normalized spacial score (nSPS) is 48.8. The Labute approximate surface area is 101 Å². The summed E-state index contributed by atoms with van der Waals surface area (Å²) in [6.45, 7) is 9.50. The maximum atomic E-state index is 5.88. The smallest absolute Gasteiger partial charge is 0.0608 e. The third-order valence-corrected chi connectivity index (χ3v) is 5.02. The van der Waals surface area contributed by atoms with Gasteiger partial charge in [-0.05, 0) is 62.2 Å². The van der Waals surface area contributed by atoms with Crippen molar-refractivity contribution in [2.45, 2.75) is 59.5 Å². The maximum absolute atomic E-state index is 5.88. The molecule has 1 heteroatoms. The van der Waals surface area contributed by atoms with Crippen LogP contribution in [-0.4, -0.2) is 12.7 Å². The van der Waals surface area contributed by atoms with Crippen molar-refractivity contribution in [1.82, 2.24) is 0 Å². The van der Waals surface area contributed by atoms with Crippen molar-refractivity contribution in [1.29, 1.82) is 0 Å². The highest BCUT2D eigenvalue weighted by Gasteiger charge is 2.55.